The van der Waals surface area contributed by atoms with Crippen molar-refractivity contribution in [1.29, 1.82) is 0 Å². The number of aliphatic imine (C=N–C) groups is 1. The second-order valence-electron chi connectivity index (χ2n) is 6.62. The van der Waals surface area contributed by atoms with Crippen molar-refractivity contribution in [2.45, 2.75) is 19.4 Å². The van der Waals surface area contributed by atoms with Crippen LogP contribution in [0.1, 0.15) is 12.5 Å². The van der Waals surface area contributed by atoms with E-state index in [1.54, 1.807) is 26.3 Å². The lowest BCUT2D eigenvalue weighted by molar-refractivity contribution is -0.120. The van der Waals surface area contributed by atoms with E-state index in [4.69, 9.17) is 9.47 Å². The lowest BCUT2D eigenvalue weighted by Crippen LogP contribution is -2.44. The van der Waals surface area contributed by atoms with E-state index in [9.17, 15) is 9.18 Å². The van der Waals surface area contributed by atoms with E-state index in [1.165, 1.54) is 12.1 Å². The number of hydrogen-bond donors (Lipinski definition) is 3. The fraction of sp³-hybridized carbons (Fsp3) is 0.364. The van der Waals surface area contributed by atoms with Crippen molar-refractivity contribution >= 4 is 35.8 Å². The number of guanidine groups is 1. The van der Waals surface area contributed by atoms with Gasteiger partial charge in [-0.1, -0.05) is 24.3 Å². The zero-order valence-electron chi connectivity index (χ0n) is 18.0. The third-order valence-corrected chi connectivity index (χ3v) is 4.17. The molecule has 2 aromatic carbocycles. The summed E-state index contributed by atoms with van der Waals surface area (Å²) in [5.74, 6) is 1.45. The third-order valence-electron chi connectivity index (χ3n) is 4.17. The molecule has 7 nitrogen and oxygen atoms in total. The van der Waals surface area contributed by atoms with Crippen molar-refractivity contribution in [3.63, 3.8) is 0 Å². The van der Waals surface area contributed by atoms with Crippen LogP contribution in [0.3, 0.4) is 0 Å². The maximum atomic E-state index is 13.2. The van der Waals surface area contributed by atoms with Crippen molar-refractivity contribution < 1.29 is 18.7 Å². The monoisotopic (exact) mass is 544 g/mol. The van der Waals surface area contributed by atoms with Gasteiger partial charge in [0.1, 0.15) is 11.9 Å². The van der Waals surface area contributed by atoms with Gasteiger partial charge in [0, 0.05) is 20.1 Å². The van der Waals surface area contributed by atoms with E-state index in [0.29, 0.717) is 42.7 Å². The lowest BCUT2D eigenvalue weighted by Gasteiger charge is -2.19. The van der Waals surface area contributed by atoms with Crippen molar-refractivity contribution in [1.82, 2.24) is 16.0 Å². The molecule has 0 radical (unpaired) electrons. The SMILES string of the molecule is CN=C(NCCNC(=O)Cc1cccc(F)c1)NCC(C)Oc1ccccc1OC.I. The average molecular weight is 544 g/mol. The topological polar surface area (TPSA) is 84.0 Å². The first-order chi connectivity index (χ1) is 14.5. The molecule has 9 heteroatoms. The molecule has 0 saturated heterocycles. The van der Waals surface area contributed by atoms with Crippen LogP contribution in [-0.2, 0) is 11.2 Å². The van der Waals surface area contributed by atoms with Crippen LogP contribution in [0.5, 0.6) is 11.5 Å². The maximum absolute atomic E-state index is 13.2. The quantitative estimate of drug-likeness (QED) is 0.186. The molecule has 0 aliphatic carbocycles. The molecule has 0 fully saturated rings. The van der Waals surface area contributed by atoms with Crippen LogP contribution in [0, 0.1) is 5.82 Å². The van der Waals surface area contributed by atoms with Crippen molar-refractivity contribution in [3.8, 4) is 11.5 Å². The van der Waals surface area contributed by atoms with Gasteiger partial charge >= 0.3 is 0 Å². The molecule has 31 heavy (non-hydrogen) atoms. The number of halogens is 2. The molecule has 1 atom stereocenters. The first kappa shape index (κ1) is 26.5. The summed E-state index contributed by atoms with van der Waals surface area (Å²) in [7, 11) is 3.28. The Morgan fingerprint density at radius 3 is 2.45 bits per heavy atom. The zero-order valence-corrected chi connectivity index (χ0v) is 20.3. The summed E-state index contributed by atoms with van der Waals surface area (Å²) in [6.45, 7) is 3.39. The molecule has 0 aliphatic heterocycles. The zero-order chi connectivity index (χ0) is 21.8. The minimum absolute atomic E-state index is 0. The van der Waals surface area contributed by atoms with E-state index in [-0.39, 0.29) is 48.2 Å². The number of hydrogen-bond acceptors (Lipinski definition) is 4. The Bertz CT molecular complexity index is 851. The van der Waals surface area contributed by atoms with Gasteiger partial charge in [-0.25, -0.2) is 4.39 Å². The number of rotatable bonds is 10. The standard InChI is InChI=1S/C22H29FN4O3.HI/c1-16(30-20-10-5-4-9-19(20)29-3)15-27-22(24-2)26-12-11-25-21(28)14-17-7-6-8-18(23)13-17;/h4-10,13,16H,11-12,14-15H2,1-3H3,(H,25,28)(H2,24,26,27);1H. The highest BCUT2D eigenvalue weighted by Crippen LogP contribution is 2.26. The van der Waals surface area contributed by atoms with Crippen LogP contribution in [0.2, 0.25) is 0 Å². The van der Waals surface area contributed by atoms with Crippen molar-refractivity contribution in [2.24, 2.45) is 4.99 Å². The summed E-state index contributed by atoms with van der Waals surface area (Å²) in [6, 6.07) is 13.5. The number of ether oxygens (including phenoxy) is 2. The molecule has 2 rings (SSSR count). The second-order valence-corrected chi connectivity index (χ2v) is 6.62. The molecule has 170 valence electrons. The Balaban J connectivity index is 0.00000480. The van der Waals surface area contributed by atoms with E-state index < -0.39 is 0 Å². The fourth-order valence-corrected chi connectivity index (χ4v) is 2.71. The highest BCUT2D eigenvalue weighted by Gasteiger charge is 2.09. The van der Waals surface area contributed by atoms with Crippen LogP contribution in [0.25, 0.3) is 0 Å². The predicted octanol–water partition coefficient (Wildman–Crippen LogP) is 2.74. The molecule has 1 amide bonds. The van der Waals surface area contributed by atoms with Crippen molar-refractivity contribution in [2.75, 3.05) is 33.8 Å². The van der Waals surface area contributed by atoms with Gasteiger partial charge in [-0.05, 0) is 36.8 Å². The van der Waals surface area contributed by atoms with Gasteiger partial charge in [-0.3, -0.25) is 9.79 Å². The fourth-order valence-electron chi connectivity index (χ4n) is 2.71. The van der Waals surface area contributed by atoms with Crippen molar-refractivity contribution in [3.05, 3.63) is 59.9 Å². The number of methoxy groups -OCH3 is 1. The van der Waals surface area contributed by atoms with Crippen LogP contribution in [-0.4, -0.2) is 51.8 Å². The van der Waals surface area contributed by atoms with Crippen LogP contribution < -0.4 is 25.4 Å². The molecule has 0 heterocycles. The van der Waals surface area contributed by atoms with E-state index in [1.807, 2.05) is 31.2 Å². The first-order valence-electron chi connectivity index (χ1n) is 9.77. The van der Waals surface area contributed by atoms with Gasteiger partial charge in [0.25, 0.3) is 0 Å². The Labute approximate surface area is 199 Å². The average Bonchev–Trinajstić information content (AvgIpc) is 2.73. The van der Waals surface area contributed by atoms with Gasteiger partial charge in [0.2, 0.25) is 5.91 Å². The number of amides is 1. The van der Waals surface area contributed by atoms with Gasteiger partial charge in [-0.2, -0.15) is 0 Å². The van der Waals surface area contributed by atoms with Gasteiger partial charge in [-0.15, -0.1) is 24.0 Å². The molecule has 0 saturated carbocycles. The largest absolute Gasteiger partial charge is 0.493 e. The highest BCUT2D eigenvalue weighted by atomic mass is 127. The molecule has 0 aromatic heterocycles. The number of carbonyl (C=O) groups is 1. The minimum atomic E-state index is -0.347. The minimum Gasteiger partial charge on any atom is -0.493 e. The Hall–Kier alpha value is -2.56. The molecule has 0 aliphatic rings. The summed E-state index contributed by atoms with van der Waals surface area (Å²) >= 11 is 0. The summed E-state index contributed by atoms with van der Waals surface area (Å²) in [6.07, 6.45) is 0.0218. The van der Waals surface area contributed by atoms with Crippen LogP contribution in [0.15, 0.2) is 53.5 Å². The summed E-state index contributed by atoms with van der Waals surface area (Å²) in [5, 5.41) is 9.10. The van der Waals surface area contributed by atoms with Gasteiger partial charge in [0.15, 0.2) is 17.5 Å². The molecular weight excluding hydrogens is 514 g/mol. The molecule has 1 unspecified atom stereocenters. The second kappa shape index (κ2) is 14.4. The Morgan fingerprint density at radius 2 is 1.77 bits per heavy atom. The van der Waals surface area contributed by atoms with E-state index >= 15 is 0 Å². The Morgan fingerprint density at radius 1 is 1.06 bits per heavy atom. The molecule has 0 bridgehead atoms. The normalized spacial score (nSPS) is 11.7. The van der Waals surface area contributed by atoms with E-state index in [2.05, 4.69) is 20.9 Å². The molecule has 2 aromatic rings. The maximum Gasteiger partial charge on any atom is 0.224 e. The molecule has 3 N–H and O–H groups in total. The number of benzene rings is 2. The van der Waals surface area contributed by atoms with Crippen LogP contribution >= 0.6 is 24.0 Å². The number of nitrogens with one attached hydrogen (secondary N) is 3. The van der Waals surface area contributed by atoms with Crippen LogP contribution in [0.4, 0.5) is 4.39 Å². The smallest absolute Gasteiger partial charge is 0.224 e. The number of carbonyl (C=O) groups excluding carboxylic acids is 1. The number of para-hydroxylation sites is 2. The first-order valence-corrected chi connectivity index (χ1v) is 9.77. The summed E-state index contributed by atoms with van der Waals surface area (Å²) < 4.78 is 24.4. The number of nitrogens with zero attached hydrogens (tertiary/aromatic N) is 1. The van der Waals surface area contributed by atoms with E-state index in [0.717, 1.165) is 0 Å². The molecular formula is C22H30FIN4O3. The Kier molecular flexibility index (Phi) is 12.3. The highest BCUT2D eigenvalue weighted by molar-refractivity contribution is 14.0. The predicted molar refractivity (Wildman–Crippen MR) is 131 cm³/mol. The van der Waals surface area contributed by atoms with Gasteiger partial charge in [0.05, 0.1) is 20.1 Å². The molecule has 0 spiro atoms. The third kappa shape index (κ3) is 9.86. The summed E-state index contributed by atoms with van der Waals surface area (Å²) in [5.41, 5.74) is 0.641. The summed E-state index contributed by atoms with van der Waals surface area (Å²) in [4.78, 5) is 16.1. The lowest BCUT2D eigenvalue weighted by atomic mass is 10.1. The van der Waals surface area contributed by atoms with Gasteiger partial charge < -0.3 is 25.4 Å².